The average molecular weight is 676 g/mol. The van der Waals surface area contributed by atoms with Crippen LogP contribution in [0.2, 0.25) is 0 Å². The second-order valence-electron chi connectivity index (χ2n) is 10.7. The van der Waals surface area contributed by atoms with Crippen molar-refractivity contribution in [1.29, 1.82) is 0 Å². The zero-order valence-electron chi connectivity index (χ0n) is 23.7. The van der Waals surface area contributed by atoms with E-state index in [1.165, 1.54) is 22.9 Å². The Morgan fingerprint density at radius 3 is 2.48 bits per heavy atom. The lowest BCUT2D eigenvalue weighted by molar-refractivity contribution is -0.138. The maximum absolute atomic E-state index is 15.3. The third kappa shape index (κ3) is 6.82. The normalized spacial score (nSPS) is 15.8. The Labute approximate surface area is 255 Å². The molecule has 1 atom stereocenters. The van der Waals surface area contributed by atoms with Crippen molar-refractivity contribution in [2.24, 2.45) is 0 Å². The van der Waals surface area contributed by atoms with E-state index in [-0.39, 0.29) is 41.6 Å². The summed E-state index contributed by atoms with van der Waals surface area (Å²) in [4.78, 5) is 33.3. The summed E-state index contributed by atoms with van der Waals surface area (Å²) in [7, 11) is -3.64. The fourth-order valence-corrected chi connectivity index (χ4v) is 6.43. The molecular weight excluding hydrogens is 651 g/mol. The molecule has 1 aliphatic rings. The topological polar surface area (TPSA) is 143 Å². The van der Waals surface area contributed by atoms with Gasteiger partial charge in [-0.15, -0.1) is 0 Å². The minimum atomic E-state index is -4.91. The number of H-pyrrole nitrogens is 1. The standard InChI is InChI=1S/C27H24F7N7O4S/c1-14(37-20-12-36-39-24(42)21(20)27(32,33)34)3-2-5-40-6-4-15-9-17(19(28)10-16(15)25(40)43)22-35-11-18(26(29,30)31)23(38-22)41-7-8-46(44,45)13-41/h4,6,9-12,14H,2-3,5,7-8,13H2,1H3,(H2,37,39,42). The number of benzene rings is 1. The highest BCUT2D eigenvalue weighted by molar-refractivity contribution is 7.91. The third-order valence-corrected chi connectivity index (χ3v) is 8.79. The smallest absolute Gasteiger partial charge is 0.381 e. The average Bonchev–Trinajstić information content (AvgIpc) is 3.32. The minimum absolute atomic E-state index is 0.0582. The molecule has 2 N–H and O–H groups in total. The number of aromatic nitrogens is 5. The van der Waals surface area contributed by atoms with Crippen molar-refractivity contribution in [1.82, 2.24) is 24.7 Å². The predicted octanol–water partition coefficient (Wildman–Crippen LogP) is 4.19. The molecule has 0 bridgehead atoms. The first-order valence-electron chi connectivity index (χ1n) is 13.6. The molecule has 1 fully saturated rings. The Morgan fingerprint density at radius 1 is 1.09 bits per heavy atom. The molecule has 1 saturated heterocycles. The van der Waals surface area contributed by atoms with Gasteiger partial charge in [-0.05, 0) is 43.4 Å². The van der Waals surface area contributed by atoms with E-state index in [1.807, 2.05) is 0 Å². The molecule has 11 nitrogen and oxygen atoms in total. The van der Waals surface area contributed by atoms with E-state index in [0.717, 1.165) is 17.2 Å². The summed E-state index contributed by atoms with van der Waals surface area (Å²) in [6, 6.07) is 3.00. The summed E-state index contributed by atoms with van der Waals surface area (Å²) in [6.45, 7) is 1.45. The van der Waals surface area contributed by atoms with Crippen LogP contribution in [-0.2, 0) is 28.7 Å². The number of fused-ring (bicyclic) bond motifs is 1. The Balaban J connectivity index is 1.36. The lowest BCUT2D eigenvalue weighted by atomic mass is 10.1. The first kappa shape index (κ1) is 32.8. The fourth-order valence-electron chi connectivity index (χ4n) is 5.07. The number of pyridine rings is 1. The number of anilines is 2. The van der Waals surface area contributed by atoms with Crippen molar-refractivity contribution in [3.05, 3.63) is 74.4 Å². The second-order valence-corrected chi connectivity index (χ2v) is 12.8. The van der Waals surface area contributed by atoms with Crippen LogP contribution in [0.25, 0.3) is 22.2 Å². The van der Waals surface area contributed by atoms with E-state index in [2.05, 4.69) is 20.4 Å². The highest BCUT2D eigenvalue weighted by Gasteiger charge is 2.40. The van der Waals surface area contributed by atoms with Crippen LogP contribution in [0, 0.1) is 5.82 Å². The Morgan fingerprint density at radius 2 is 1.83 bits per heavy atom. The molecule has 246 valence electrons. The Kier molecular flexibility index (Phi) is 8.56. The number of alkyl halides is 6. The molecule has 4 aromatic rings. The van der Waals surface area contributed by atoms with Gasteiger partial charge in [-0.25, -0.2) is 27.9 Å². The van der Waals surface area contributed by atoms with Crippen LogP contribution in [0.3, 0.4) is 0 Å². The molecule has 3 aromatic heterocycles. The molecule has 0 amide bonds. The number of halogens is 7. The van der Waals surface area contributed by atoms with E-state index < -0.39 is 79.5 Å². The molecule has 1 aromatic carbocycles. The van der Waals surface area contributed by atoms with Crippen LogP contribution in [0.15, 0.2) is 46.4 Å². The maximum Gasteiger partial charge on any atom is 0.423 e. The van der Waals surface area contributed by atoms with Gasteiger partial charge in [0.15, 0.2) is 15.7 Å². The molecule has 5 rings (SSSR count). The number of sulfone groups is 1. The van der Waals surface area contributed by atoms with Crippen LogP contribution in [0.5, 0.6) is 0 Å². The van der Waals surface area contributed by atoms with E-state index >= 15 is 4.39 Å². The van der Waals surface area contributed by atoms with E-state index in [4.69, 9.17) is 0 Å². The van der Waals surface area contributed by atoms with Crippen molar-refractivity contribution in [3.8, 4) is 11.4 Å². The summed E-state index contributed by atoms with van der Waals surface area (Å²) in [5, 5.41) is 7.92. The van der Waals surface area contributed by atoms with Crippen molar-refractivity contribution in [3.63, 3.8) is 0 Å². The van der Waals surface area contributed by atoms with E-state index in [1.54, 1.807) is 12.0 Å². The van der Waals surface area contributed by atoms with E-state index in [0.29, 0.717) is 12.6 Å². The number of nitrogens with zero attached hydrogens (tertiary/aromatic N) is 5. The Hall–Kier alpha value is -4.55. The van der Waals surface area contributed by atoms with Crippen molar-refractivity contribution < 1.29 is 39.2 Å². The van der Waals surface area contributed by atoms with Gasteiger partial charge in [0.05, 0.1) is 28.6 Å². The molecule has 0 aliphatic carbocycles. The van der Waals surface area contributed by atoms with Crippen molar-refractivity contribution in [2.75, 3.05) is 28.4 Å². The molecule has 1 aliphatic heterocycles. The number of aryl methyl sites for hydroxylation is 1. The highest BCUT2D eigenvalue weighted by Crippen LogP contribution is 2.38. The van der Waals surface area contributed by atoms with Crippen LogP contribution in [0.1, 0.15) is 30.9 Å². The van der Waals surface area contributed by atoms with Gasteiger partial charge in [0.1, 0.15) is 28.6 Å². The van der Waals surface area contributed by atoms with Gasteiger partial charge in [-0.1, -0.05) is 0 Å². The third-order valence-electron chi connectivity index (χ3n) is 7.28. The SMILES string of the molecule is CC(CCCn1ccc2cc(-c3ncc(C(F)(F)F)c(N4CCS(=O)(=O)C4)n3)c(F)cc2c1=O)Nc1cn[nH]c(=O)c1C(F)(F)F. The predicted molar refractivity (Wildman–Crippen MR) is 152 cm³/mol. The molecule has 19 heteroatoms. The monoisotopic (exact) mass is 675 g/mol. The summed E-state index contributed by atoms with van der Waals surface area (Å²) in [6.07, 6.45) is -6.54. The Bertz CT molecular complexity index is 2030. The number of aromatic amines is 1. The largest absolute Gasteiger partial charge is 0.423 e. The van der Waals surface area contributed by atoms with Gasteiger partial charge in [-0.2, -0.15) is 31.4 Å². The van der Waals surface area contributed by atoms with Gasteiger partial charge in [0.25, 0.3) is 11.1 Å². The molecule has 0 radical (unpaired) electrons. The zero-order chi connectivity index (χ0) is 33.6. The molecule has 0 saturated carbocycles. The lowest BCUT2D eigenvalue weighted by Crippen LogP contribution is -2.27. The highest BCUT2D eigenvalue weighted by atomic mass is 32.2. The van der Waals surface area contributed by atoms with Gasteiger partial charge >= 0.3 is 12.4 Å². The maximum atomic E-state index is 15.3. The summed E-state index contributed by atoms with van der Waals surface area (Å²) < 4.78 is 121. The summed E-state index contributed by atoms with van der Waals surface area (Å²) >= 11 is 0. The van der Waals surface area contributed by atoms with Gasteiger partial charge < -0.3 is 14.8 Å². The number of nitrogens with one attached hydrogen (secondary N) is 2. The zero-order valence-corrected chi connectivity index (χ0v) is 24.5. The van der Waals surface area contributed by atoms with Crippen LogP contribution >= 0.6 is 0 Å². The lowest BCUT2D eigenvalue weighted by Gasteiger charge is -2.20. The summed E-state index contributed by atoms with van der Waals surface area (Å²) in [5.41, 5.74) is -5.49. The first-order chi connectivity index (χ1) is 21.4. The van der Waals surface area contributed by atoms with Crippen LogP contribution in [-0.4, -0.2) is 57.4 Å². The first-order valence-corrected chi connectivity index (χ1v) is 15.4. The van der Waals surface area contributed by atoms with E-state index in [9.17, 15) is 44.3 Å². The van der Waals surface area contributed by atoms with Gasteiger partial charge in [0.2, 0.25) is 0 Å². The second kappa shape index (κ2) is 12.0. The quantitative estimate of drug-likeness (QED) is 0.263. The van der Waals surface area contributed by atoms with Crippen LogP contribution in [0.4, 0.5) is 42.2 Å². The van der Waals surface area contributed by atoms with Crippen LogP contribution < -0.4 is 21.3 Å². The fraction of sp³-hybridized carbons (Fsp3) is 0.370. The van der Waals surface area contributed by atoms with Crippen molar-refractivity contribution >= 4 is 32.1 Å². The van der Waals surface area contributed by atoms with Gasteiger partial charge in [0, 0.05) is 31.5 Å². The van der Waals surface area contributed by atoms with Gasteiger partial charge in [-0.3, -0.25) is 9.59 Å². The molecule has 1 unspecified atom stereocenters. The summed E-state index contributed by atoms with van der Waals surface area (Å²) in [5.74, 6) is -3.23. The molecular formula is C27H24F7N7O4S. The van der Waals surface area contributed by atoms with Crippen molar-refractivity contribution in [2.45, 2.75) is 44.7 Å². The molecule has 4 heterocycles. The number of rotatable bonds is 8. The minimum Gasteiger partial charge on any atom is -0.381 e. The number of hydrogen-bond donors (Lipinski definition) is 2. The molecule has 0 spiro atoms. The molecule has 46 heavy (non-hydrogen) atoms. The number of hydrogen-bond acceptors (Lipinski definition) is 9.